The van der Waals surface area contributed by atoms with Gasteiger partial charge in [0, 0.05) is 5.41 Å². The molecule has 5 fully saturated rings. The van der Waals surface area contributed by atoms with E-state index in [4.69, 9.17) is 4.74 Å². The second-order valence-electron chi connectivity index (χ2n) is 19.2. The quantitative estimate of drug-likeness (QED) is 0.186. The lowest BCUT2D eigenvalue weighted by molar-refractivity contribution is -0.252. The van der Waals surface area contributed by atoms with Crippen molar-refractivity contribution < 1.29 is 19.4 Å². The Labute approximate surface area is 276 Å². The summed E-state index contributed by atoms with van der Waals surface area (Å²) in [6.45, 7) is 25.7. The van der Waals surface area contributed by atoms with Gasteiger partial charge in [-0.15, -0.1) is 0 Å². The molecule has 5 aliphatic rings. The van der Waals surface area contributed by atoms with Crippen LogP contribution >= 0.6 is 0 Å². The fraction of sp³-hybridized carbons (Fsp3) is 0.950. The molecule has 45 heavy (non-hydrogen) atoms. The van der Waals surface area contributed by atoms with E-state index in [1.54, 1.807) is 13.8 Å². The van der Waals surface area contributed by atoms with Crippen LogP contribution in [0.25, 0.3) is 0 Å². The highest BCUT2D eigenvalue weighted by Crippen LogP contribution is 2.78. The first kappa shape index (κ1) is 35.2. The number of carboxylic acids is 1. The molecule has 0 heterocycles. The van der Waals surface area contributed by atoms with Crippen molar-refractivity contribution in [2.75, 3.05) is 13.1 Å². The summed E-state index contributed by atoms with van der Waals surface area (Å²) in [5.41, 5.74) is 0.243. The van der Waals surface area contributed by atoms with Crippen molar-refractivity contribution in [1.82, 2.24) is 5.32 Å². The summed E-state index contributed by atoms with van der Waals surface area (Å²) in [7, 11) is 0. The van der Waals surface area contributed by atoms with Gasteiger partial charge in [0.25, 0.3) is 0 Å². The molecule has 5 heteroatoms. The van der Waals surface area contributed by atoms with Gasteiger partial charge in [-0.1, -0.05) is 55.4 Å². The lowest BCUT2D eigenvalue weighted by atomic mass is 9.32. The maximum absolute atomic E-state index is 13.0. The molecule has 5 aliphatic carbocycles. The Bertz CT molecular complexity index is 1110. The van der Waals surface area contributed by atoms with Crippen LogP contribution in [0.3, 0.4) is 0 Å². The van der Waals surface area contributed by atoms with Gasteiger partial charge in [-0.05, 0) is 161 Å². The van der Waals surface area contributed by atoms with E-state index in [0.717, 1.165) is 43.1 Å². The summed E-state index contributed by atoms with van der Waals surface area (Å²) >= 11 is 0. The molecule has 0 spiro atoms. The highest BCUT2D eigenvalue weighted by Gasteiger charge is 2.71. The van der Waals surface area contributed by atoms with Crippen molar-refractivity contribution in [3.05, 3.63) is 0 Å². The number of esters is 1. The van der Waals surface area contributed by atoms with Crippen LogP contribution in [0.1, 0.15) is 153 Å². The van der Waals surface area contributed by atoms with Crippen LogP contribution in [-0.4, -0.2) is 36.2 Å². The average Bonchev–Trinajstić information content (AvgIpc) is 3.33. The third-order valence-corrected chi connectivity index (χ3v) is 16.1. The first-order chi connectivity index (χ1) is 20.9. The normalized spacial score (nSPS) is 44.0. The van der Waals surface area contributed by atoms with Gasteiger partial charge in [0.05, 0.1) is 11.8 Å². The summed E-state index contributed by atoms with van der Waals surface area (Å²) in [5.74, 6) is 3.22. The van der Waals surface area contributed by atoms with E-state index < -0.39 is 11.4 Å². The Hall–Kier alpha value is -1.10. The van der Waals surface area contributed by atoms with Crippen molar-refractivity contribution in [2.45, 2.75) is 159 Å². The standard InChI is InChI=1S/C40H69NO4/c1-11-23-41-24-22-40-19-14-27(26(2)3)33(40)28-12-13-30-37(8)17-16-31(45-32(42)25-35(4,5)34(43)44)36(6,7)29(37)15-18-39(30,10)38(28,9)20-21-40/h26-31,33,41H,11-25H2,1-10H3,(H,43,44)/t27-,28+,29-,30+,31-,33+,37-,38+,39+,40+/m0/s1. The number of fused-ring (bicyclic) bond motifs is 7. The van der Waals surface area contributed by atoms with E-state index >= 15 is 0 Å². The van der Waals surface area contributed by atoms with Gasteiger partial charge in [0.1, 0.15) is 6.10 Å². The van der Waals surface area contributed by atoms with E-state index in [1.165, 1.54) is 70.8 Å². The van der Waals surface area contributed by atoms with Gasteiger partial charge in [-0.3, -0.25) is 9.59 Å². The third kappa shape index (κ3) is 5.53. The van der Waals surface area contributed by atoms with E-state index in [2.05, 4.69) is 60.7 Å². The smallest absolute Gasteiger partial charge is 0.309 e. The Morgan fingerprint density at radius 1 is 0.867 bits per heavy atom. The van der Waals surface area contributed by atoms with E-state index in [1.807, 2.05) is 0 Å². The topological polar surface area (TPSA) is 75.6 Å². The van der Waals surface area contributed by atoms with Crippen LogP contribution in [0.15, 0.2) is 0 Å². The fourth-order valence-corrected chi connectivity index (χ4v) is 13.4. The number of nitrogens with one attached hydrogen (secondary N) is 1. The Morgan fingerprint density at radius 2 is 1.58 bits per heavy atom. The molecular weight excluding hydrogens is 558 g/mol. The molecule has 0 saturated heterocycles. The minimum atomic E-state index is -1.11. The second-order valence-corrected chi connectivity index (χ2v) is 19.2. The van der Waals surface area contributed by atoms with Crippen LogP contribution in [0, 0.1) is 68.0 Å². The molecular formula is C40H69NO4. The molecule has 0 bridgehead atoms. The summed E-state index contributed by atoms with van der Waals surface area (Å²) in [6.07, 6.45) is 15.3. The highest BCUT2D eigenvalue weighted by molar-refractivity contribution is 5.81. The Morgan fingerprint density at radius 3 is 2.22 bits per heavy atom. The van der Waals surface area contributed by atoms with Gasteiger partial charge in [-0.25, -0.2) is 0 Å². The number of carbonyl (C=O) groups is 2. The molecule has 0 aromatic carbocycles. The maximum Gasteiger partial charge on any atom is 0.309 e. The number of carbonyl (C=O) groups excluding carboxylic acids is 1. The van der Waals surface area contributed by atoms with Crippen molar-refractivity contribution in [1.29, 1.82) is 0 Å². The Kier molecular flexibility index (Phi) is 9.47. The first-order valence-corrected chi connectivity index (χ1v) is 19.0. The van der Waals surface area contributed by atoms with Gasteiger partial charge < -0.3 is 15.2 Å². The van der Waals surface area contributed by atoms with Gasteiger partial charge in [0.2, 0.25) is 0 Å². The van der Waals surface area contributed by atoms with Gasteiger partial charge >= 0.3 is 11.9 Å². The first-order valence-electron chi connectivity index (χ1n) is 19.0. The van der Waals surface area contributed by atoms with Crippen molar-refractivity contribution in [2.24, 2.45) is 68.0 Å². The molecule has 0 aromatic rings. The number of aliphatic carboxylic acids is 1. The monoisotopic (exact) mass is 628 g/mol. The molecule has 10 atom stereocenters. The van der Waals surface area contributed by atoms with E-state index in [-0.39, 0.29) is 29.3 Å². The van der Waals surface area contributed by atoms with Crippen molar-refractivity contribution in [3.63, 3.8) is 0 Å². The predicted molar refractivity (Wildman–Crippen MR) is 183 cm³/mol. The van der Waals surface area contributed by atoms with Crippen molar-refractivity contribution in [3.8, 4) is 0 Å². The molecule has 0 aromatic heterocycles. The molecule has 5 nitrogen and oxygen atoms in total. The zero-order chi connectivity index (χ0) is 33.2. The predicted octanol–water partition coefficient (Wildman–Crippen LogP) is 9.53. The molecule has 5 saturated carbocycles. The lowest BCUT2D eigenvalue weighted by Crippen LogP contribution is -2.67. The lowest BCUT2D eigenvalue weighted by Gasteiger charge is -2.73. The minimum Gasteiger partial charge on any atom is -0.481 e. The SMILES string of the molecule is CCCNCC[C@]12CC[C@@H](C(C)C)[C@@H]1[C@H]1CC[C@@H]3[C@@]4(C)CC[C@H](OC(=O)CC(C)(C)C(=O)O)C(C)(C)[C@@H]4CC[C@@]3(C)[C@]1(C)CC2. The van der Waals surface area contributed by atoms with Crippen LogP contribution in [0.4, 0.5) is 0 Å². The summed E-state index contributed by atoms with van der Waals surface area (Å²) in [4.78, 5) is 24.7. The zero-order valence-corrected chi connectivity index (χ0v) is 30.8. The number of carboxylic acid groups (broad SMARTS) is 1. The molecule has 0 amide bonds. The van der Waals surface area contributed by atoms with Crippen molar-refractivity contribution >= 4 is 11.9 Å². The molecule has 5 rings (SSSR count). The number of rotatable bonds is 10. The second kappa shape index (κ2) is 12.1. The third-order valence-electron chi connectivity index (χ3n) is 16.1. The maximum atomic E-state index is 13.0. The number of hydrogen-bond acceptors (Lipinski definition) is 4. The van der Waals surface area contributed by atoms with Gasteiger partial charge in [-0.2, -0.15) is 0 Å². The summed E-state index contributed by atoms with van der Waals surface area (Å²) < 4.78 is 6.19. The molecule has 0 unspecified atom stereocenters. The van der Waals surface area contributed by atoms with Crippen LogP contribution in [-0.2, 0) is 14.3 Å². The minimum absolute atomic E-state index is 0.0774. The molecule has 0 aliphatic heterocycles. The fourth-order valence-electron chi connectivity index (χ4n) is 13.4. The number of ether oxygens (including phenoxy) is 1. The summed E-state index contributed by atoms with van der Waals surface area (Å²) in [5, 5.41) is 13.4. The number of hydrogen-bond donors (Lipinski definition) is 2. The summed E-state index contributed by atoms with van der Waals surface area (Å²) in [6, 6.07) is 0. The van der Waals surface area contributed by atoms with Crippen LogP contribution in [0.5, 0.6) is 0 Å². The van der Waals surface area contributed by atoms with Gasteiger partial charge in [0.15, 0.2) is 0 Å². The largest absolute Gasteiger partial charge is 0.481 e. The average molecular weight is 628 g/mol. The molecule has 2 N–H and O–H groups in total. The molecule has 258 valence electrons. The van der Waals surface area contributed by atoms with E-state index in [0.29, 0.717) is 28.1 Å². The van der Waals surface area contributed by atoms with E-state index in [9.17, 15) is 14.7 Å². The zero-order valence-electron chi connectivity index (χ0n) is 30.8. The highest BCUT2D eigenvalue weighted by atomic mass is 16.5. The Balaban J connectivity index is 1.39. The molecule has 0 radical (unpaired) electrons. The van der Waals surface area contributed by atoms with Crippen LogP contribution < -0.4 is 5.32 Å². The van der Waals surface area contributed by atoms with Crippen LogP contribution in [0.2, 0.25) is 0 Å².